The van der Waals surface area contributed by atoms with Gasteiger partial charge in [0, 0.05) is 5.56 Å². The van der Waals surface area contributed by atoms with Gasteiger partial charge in [0.05, 0.1) is 6.61 Å². The maximum absolute atomic E-state index is 13.6. The Bertz CT molecular complexity index is 553. The van der Waals surface area contributed by atoms with Gasteiger partial charge in [0.2, 0.25) is 0 Å². The molecule has 0 amide bonds. The zero-order chi connectivity index (χ0) is 13.8. The number of hydrogen-bond donors (Lipinski definition) is 1. The van der Waals surface area contributed by atoms with Crippen molar-refractivity contribution in [3.63, 3.8) is 0 Å². The highest BCUT2D eigenvalue weighted by molar-refractivity contribution is 5.34. The lowest BCUT2D eigenvalue weighted by molar-refractivity contribution is 0.213. The molecule has 0 aromatic heterocycles. The molecule has 2 nitrogen and oxygen atoms in total. The molecule has 1 unspecified atom stereocenters. The van der Waals surface area contributed by atoms with E-state index >= 15 is 0 Å². The molecule has 0 spiro atoms. The van der Waals surface area contributed by atoms with Gasteiger partial charge in [0.1, 0.15) is 11.9 Å². The maximum Gasteiger partial charge on any atom is 0.164 e. The van der Waals surface area contributed by atoms with Crippen LogP contribution in [0, 0.1) is 11.6 Å². The van der Waals surface area contributed by atoms with E-state index in [2.05, 4.69) is 0 Å². The average Bonchev–Trinajstić information content (AvgIpc) is 2.42. The molecule has 0 aliphatic heterocycles. The second kappa shape index (κ2) is 5.80. The van der Waals surface area contributed by atoms with Crippen molar-refractivity contribution < 1.29 is 18.6 Å². The van der Waals surface area contributed by atoms with E-state index in [0.29, 0.717) is 17.9 Å². The summed E-state index contributed by atoms with van der Waals surface area (Å²) in [6.07, 6.45) is -1.20. The number of aliphatic hydroxyl groups excluding tert-OH is 1. The van der Waals surface area contributed by atoms with Crippen LogP contribution in [0.2, 0.25) is 0 Å². The van der Waals surface area contributed by atoms with Crippen molar-refractivity contribution >= 4 is 0 Å². The Balaban J connectivity index is 2.28. The van der Waals surface area contributed by atoms with Gasteiger partial charge in [0.25, 0.3) is 0 Å². The van der Waals surface area contributed by atoms with Crippen molar-refractivity contribution in [3.05, 3.63) is 65.2 Å². The van der Waals surface area contributed by atoms with Crippen LogP contribution in [0.1, 0.15) is 24.2 Å². The first kappa shape index (κ1) is 13.5. The second-order valence-corrected chi connectivity index (χ2v) is 4.05. The minimum atomic E-state index is -1.20. The Kier molecular flexibility index (Phi) is 4.12. The number of rotatable bonds is 4. The van der Waals surface area contributed by atoms with E-state index in [0.717, 1.165) is 6.07 Å². The third-order valence-corrected chi connectivity index (χ3v) is 2.78. The molecule has 19 heavy (non-hydrogen) atoms. The van der Waals surface area contributed by atoms with Crippen LogP contribution in [-0.4, -0.2) is 11.7 Å². The normalized spacial score (nSPS) is 12.2. The molecule has 2 aromatic rings. The molecule has 1 atom stereocenters. The summed E-state index contributed by atoms with van der Waals surface area (Å²) in [6.45, 7) is 2.41. The van der Waals surface area contributed by atoms with Gasteiger partial charge in [-0.05, 0) is 30.7 Å². The monoisotopic (exact) mass is 264 g/mol. The molecule has 0 aliphatic carbocycles. The third-order valence-electron chi connectivity index (χ3n) is 2.78. The van der Waals surface area contributed by atoms with Crippen molar-refractivity contribution in [3.8, 4) is 5.75 Å². The zero-order valence-corrected chi connectivity index (χ0v) is 10.4. The molecule has 0 aliphatic rings. The fourth-order valence-corrected chi connectivity index (χ4v) is 1.82. The minimum Gasteiger partial charge on any atom is -0.494 e. The highest BCUT2D eigenvalue weighted by atomic mass is 19.2. The summed E-state index contributed by atoms with van der Waals surface area (Å²) in [7, 11) is 0. The smallest absolute Gasteiger partial charge is 0.164 e. The Morgan fingerprint density at radius 3 is 2.42 bits per heavy atom. The van der Waals surface area contributed by atoms with Crippen LogP contribution in [0.5, 0.6) is 5.75 Å². The first-order valence-corrected chi connectivity index (χ1v) is 5.98. The van der Waals surface area contributed by atoms with Crippen LogP contribution in [0.3, 0.4) is 0 Å². The number of benzene rings is 2. The highest BCUT2D eigenvalue weighted by Gasteiger charge is 2.17. The molecular formula is C15H14F2O2. The SMILES string of the molecule is CCOc1ccc(C(O)c2cccc(F)c2F)cc1. The molecule has 2 rings (SSSR count). The summed E-state index contributed by atoms with van der Waals surface area (Å²) >= 11 is 0. The number of hydrogen-bond acceptors (Lipinski definition) is 2. The quantitative estimate of drug-likeness (QED) is 0.916. The summed E-state index contributed by atoms with van der Waals surface area (Å²) in [4.78, 5) is 0. The Labute approximate surface area is 110 Å². The van der Waals surface area contributed by atoms with Crippen LogP contribution in [0.4, 0.5) is 8.78 Å². The van der Waals surface area contributed by atoms with E-state index in [1.165, 1.54) is 12.1 Å². The number of halogens is 2. The van der Waals surface area contributed by atoms with Gasteiger partial charge < -0.3 is 9.84 Å². The first-order chi connectivity index (χ1) is 9.13. The predicted octanol–water partition coefficient (Wildman–Crippen LogP) is 3.45. The Morgan fingerprint density at radius 2 is 1.79 bits per heavy atom. The van der Waals surface area contributed by atoms with Crippen molar-refractivity contribution in [2.45, 2.75) is 13.0 Å². The van der Waals surface area contributed by atoms with Gasteiger partial charge in [-0.2, -0.15) is 0 Å². The van der Waals surface area contributed by atoms with E-state index in [9.17, 15) is 13.9 Å². The lowest BCUT2D eigenvalue weighted by atomic mass is 10.0. The van der Waals surface area contributed by atoms with Crippen LogP contribution < -0.4 is 4.74 Å². The molecule has 1 N–H and O–H groups in total. The fourth-order valence-electron chi connectivity index (χ4n) is 1.82. The van der Waals surface area contributed by atoms with E-state index < -0.39 is 17.7 Å². The van der Waals surface area contributed by atoms with E-state index in [-0.39, 0.29) is 5.56 Å². The molecule has 0 saturated heterocycles. The molecule has 0 saturated carbocycles. The van der Waals surface area contributed by atoms with Crippen molar-refractivity contribution in [2.75, 3.05) is 6.61 Å². The molecule has 4 heteroatoms. The first-order valence-electron chi connectivity index (χ1n) is 5.98. The zero-order valence-electron chi connectivity index (χ0n) is 10.4. The topological polar surface area (TPSA) is 29.5 Å². The van der Waals surface area contributed by atoms with E-state index in [1.807, 2.05) is 6.92 Å². The van der Waals surface area contributed by atoms with Crippen molar-refractivity contribution in [1.82, 2.24) is 0 Å². The largest absolute Gasteiger partial charge is 0.494 e. The van der Waals surface area contributed by atoms with Crippen LogP contribution in [0.25, 0.3) is 0 Å². The lowest BCUT2D eigenvalue weighted by Gasteiger charge is -2.13. The third kappa shape index (κ3) is 2.90. The standard InChI is InChI=1S/C15H14F2O2/c1-2-19-11-8-6-10(7-9-11)15(18)12-4-3-5-13(16)14(12)17/h3-9,15,18H,2H2,1H3. The summed E-state index contributed by atoms with van der Waals surface area (Å²) in [5, 5.41) is 10.1. The summed E-state index contributed by atoms with van der Waals surface area (Å²) in [5.74, 6) is -1.33. The molecule has 100 valence electrons. The molecule has 0 fully saturated rings. The van der Waals surface area contributed by atoms with Crippen LogP contribution in [0.15, 0.2) is 42.5 Å². The number of aliphatic hydroxyl groups is 1. The fraction of sp³-hybridized carbons (Fsp3) is 0.200. The predicted molar refractivity (Wildman–Crippen MR) is 68.0 cm³/mol. The molecule has 0 radical (unpaired) electrons. The van der Waals surface area contributed by atoms with E-state index in [1.54, 1.807) is 24.3 Å². The minimum absolute atomic E-state index is 0.0795. The van der Waals surface area contributed by atoms with Gasteiger partial charge >= 0.3 is 0 Å². The lowest BCUT2D eigenvalue weighted by Crippen LogP contribution is -2.04. The Hall–Kier alpha value is -1.94. The van der Waals surface area contributed by atoms with Gasteiger partial charge in [-0.1, -0.05) is 24.3 Å². The van der Waals surface area contributed by atoms with Crippen molar-refractivity contribution in [2.24, 2.45) is 0 Å². The maximum atomic E-state index is 13.6. The molecule has 2 aromatic carbocycles. The molecule has 0 heterocycles. The Morgan fingerprint density at radius 1 is 1.11 bits per heavy atom. The van der Waals surface area contributed by atoms with Gasteiger partial charge in [-0.15, -0.1) is 0 Å². The van der Waals surface area contributed by atoms with Crippen LogP contribution >= 0.6 is 0 Å². The summed E-state index contributed by atoms with van der Waals surface area (Å²) in [5.41, 5.74) is 0.400. The van der Waals surface area contributed by atoms with Gasteiger partial charge in [0.15, 0.2) is 11.6 Å². The highest BCUT2D eigenvalue weighted by Crippen LogP contribution is 2.26. The van der Waals surface area contributed by atoms with Gasteiger partial charge in [-0.3, -0.25) is 0 Å². The van der Waals surface area contributed by atoms with E-state index in [4.69, 9.17) is 4.74 Å². The average molecular weight is 264 g/mol. The summed E-state index contributed by atoms with van der Waals surface area (Å²) < 4.78 is 32.0. The van der Waals surface area contributed by atoms with Gasteiger partial charge in [-0.25, -0.2) is 8.78 Å². The molecular weight excluding hydrogens is 250 g/mol. The van der Waals surface area contributed by atoms with Crippen molar-refractivity contribution in [1.29, 1.82) is 0 Å². The second-order valence-electron chi connectivity index (χ2n) is 4.05. The summed E-state index contributed by atoms with van der Waals surface area (Å²) in [6, 6.07) is 10.4. The number of ether oxygens (including phenoxy) is 1. The molecule has 0 bridgehead atoms. The van der Waals surface area contributed by atoms with Crippen LogP contribution in [-0.2, 0) is 0 Å².